The minimum Gasteiger partial charge on any atom is -0.318 e. The zero-order valence-electron chi connectivity index (χ0n) is 14.0. The van der Waals surface area contributed by atoms with Crippen molar-refractivity contribution in [1.29, 1.82) is 5.41 Å². The lowest BCUT2D eigenvalue weighted by atomic mass is 10.1. The van der Waals surface area contributed by atoms with Crippen LogP contribution < -0.4 is 0 Å². The molecule has 0 bridgehead atoms. The molecule has 0 radical (unpaired) electrons. The third kappa shape index (κ3) is 2.59. The lowest BCUT2D eigenvalue weighted by Gasteiger charge is -2.20. The maximum absolute atomic E-state index is 13.6. The van der Waals surface area contributed by atoms with Crippen LogP contribution in [-0.2, 0) is 4.79 Å². The summed E-state index contributed by atoms with van der Waals surface area (Å²) in [6.45, 7) is 3.80. The van der Waals surface area contributed by atoms with Crippen LogP contribution in [0.4, 0.5) is 4.39 Å². The maximum atomic E-state index is 13.6. The van der Waals surface area contributed by atoms with Crippen LogP contribution in [0.5, 0.6) is 0 Å². The van der Waals surface area contributed by atoms with E-state index in [1.165, 1.54) is 28.9 Å². The summed E-state index contributed by atoms with van der Waals surface area (Å²) in [6, 6.07) is 8.22. The number of carbonyl (C=O) groups is 1. The summed E-state index contributed by atoms with van der Waals surface area (Å²) < 4.78 is 15.5. The molecule has 0 fully saturated rings. The molecule has 2 aliphatic heterocycles. The Morgan fingerprint density at radius 2 is 2.08 bits per heavy atom. The molecule has 8 heteroatoms. The summed E-state index contributed by atoms with van der Waals surface area (Å²) in [7, 11) is 0. The fourth-order valence-corrected chi connectivity index (χ4v) is 3.65. The SMILES string of the molecule is Cc1cc(C=C2C(=N)N3N=CSC3=NC2=O)c(C)n1-c1cccc(F)c1. The number of amides is 1. The Bertz CT molecular complexity index is 1050. The van der Waals surface area contributed by atoms with Gasteiger partial charge in [0.05, 0.1) is 11.1 Å². The Labute approximate surface area is 153 Å². The highest BCUT2D eigenvalue weighted by Crippen LogP contribution is 2.27. The van der Waals surface area contributed by atoms with Gasteiger partial charge in [0.25, 0.3) is 5.91 Å². The van der Waals surface area contributed by atoms with Crippen molar-refractivity contribution < 1.29 is 9.18 Å². The standard InChI is InChI=1S/C18H14FN5OS/c1-10-6-12(11(2)23(10)14-5-3-4-13(19)8-14)7-15-16(20)24-18(22-17(15)25)26-9-21-24/h3-9,20H,1-2H3. The normalized spacial score (nSPS) is 17.9. The van der Waals surface area contributed by atoms with Gasteiger partial charge in [0.15, 0.2) is 11.0 Å². The molecule has 0 aliphatic carbocycles. The predicted octanol–water partition coefficient (Wildman–Crippen LogP) is 3.48. The average molecular weight is 367 g/mol. The van der Waals surface area contributed by atoms with Crippen molar-refractivity contribution in [2.75, 3.05) is 0 Å². The Hall–Kier alpha value is -3.00. The van der Waals surface area contributed by atoms with E-state index in [0.29, 0.717) is 10.9 Å². The number of nitrogens with one attached hydrogen (secondary N) is 1. The van der Waals surface area contributed by atoms with Crippen LogP contribution >= 0.6 is 11.8 Å². The molecular formula is C18H14FN5OS. The Morgan fingerprint density at radius 3 is 2.85 bits per heavy atom. The van der Waals surface area contributed by atoms with Gasteiger partial charge >= 0.3 is 0 Å². The molecule has 3 heterocycles. The molecule has 2 aliphatic rings. The molecule has 1 amide bonds. The van der Waals surface area contributed by atoms with E-state index in [1.54, 1.807) is 17.7 Å². The largest absolute Gasteiger partial charge is 0.318 e. The van der Waals surface area contributed by atoms with Gasteiger partial charge in [-0.15, -0.1) is 0 Å². The Balaban J connectivity index is 1.79. The van der Waals surface area contributed by atoms with Crippen LogP contribution in [0.2, 0.25) is 0 Å². The Morgan fingerprint density at radius 1 is 1.27 bits per heavy atom. The number of amidine groups is 2. The van der Waals surface area contributed by atoms with Gasteiger partial charge in [-0.1, -0.05) is 6.07 Å². The van der Waals surface area contributed by atoms with E-state index in [4.69, 9.17) is 5.41 Å². The van der Waals surface area contributed by atoms with Gasteiger partial charge in [0, 0.05) is 17.1 Å². The minimum atomic E-state index is -0.463. The number of hydrazone groups is 1. The predicted molar refractivity (Wildman–Crippen MR) is 101 cm³/mol. The van der Waals surface area contributed by atoms with Crippen molar-refractivity contribution >= 4 is 40.3 Å². The number of halogens is 1. The number of rotatable bonds is 2. The minimum absolute atomic E-state index is 0.00295. The molecular weight excluding hydrogens is 353 g/mol. The first kappa shape index (κ1) is 16.5. The monoisotopic (exact) mass is 367 g/mol. The summed E-state index contributed by atoms with van der Waals surface area (Å²) in [5, 5.41) is 14.0. The van der Waals surface area contributed by atoms with Crippen molar-refractivity contribution in [1.82, 2.24) is 9.58 Å². The number of hydrogen-bond acceptors (Lipinski definition) is 4. The molecule has 6 nitrogen and oxygen atoms in total. The van der Waals surface area contributed by atoms with Gasteiger partial charge in [-0.05, 0) is 61.5 Å². The van der Waals surface area contributed by atoms with E-state index in [9.17, 15) is 9.18 Å². The van der Waals surface area contributed by atoms with Crippen LogP contribution in [-0.4, -0.2) is 32.0 Å². The van der Waals surface area contributed by atoms with Crippen molar-refractivity contribution in [2.45, 2.75) is 13.8 Å². The number of aryl methyl sites for hydroxylation is 1. The summed E-state index contributed by atoms with van der Waals surface area (Å²) in [5.74, 6) is -0.781. The second-order valence-corrected chi connectivity index (χ2v) is 6.71. The maximum Gasteiger partial charge on any atom is 0.283 e. The van der Waals surface area contributed by atoms with Gasteiger partial charge in [-0.3, -0.25) is 10.2 Å². The van der Waals surface area contributed by atoms with E-state index in [1.807, 2.05) is 30.5 Å². The summed E-state index contributed by atoms with van der Waals surface area (Å²) >= 11 is 1.21. The van der Waals surface area contributed by atoms with Gasteiger partial charge in [0.1, 0.15) is 5.82 Å². The molecule has 1 aromatic carbocycles. The molecule has 0 spiro atoms. The number of aliphatic imine (C=N–C) groups is 1. The lowest BCUT2D eigenvalue weighted by Crippen LogP contribution is -2.35. The molecule has 1 aromatic heterocycles. The topological polar surface area (TPSA) is 73.8 Å². The molecule has 130 valence electrons. The number of benzene rings is 1. The van der Waals surface area contributed by atoms with E-state index >= 15 is 0 Å². The average Bonchev–Trinajstić information content (AvgIpc) is 3.16. The fraction of sp³-hybridized carbons (Fsp3) is 0.111. The third-order valence-electron chi connectivity index (χ3n) is 4.23. The number of nitrogens with zero attached hydrogens (tertiary/aromatic N) is 4. The smallest absolute Gasteiger partial charge is 0.283 e. The molecule has 2 aromatic rings. The highest BCUT2D eigenvalue weighted by Gasteiger charge is 2.32. The highest BCUT2D eigenvalue weighted by atomic mass is 32.2. The van der Waals surface area contributed by atoms with Crippen molar-refractivity contribution in [2.24, 2.45) is 10.1 Å². The first-order valence-corrected chi connectivity index (χ1v) is 8.71. The van der Waals surface area contributed by atoms with Crippen molar-refractivity contribution in [3.8, 4) is 5.69 Å². The molecule has 0 unspecified atom stereocenters. The number of thioether (sulfide) groups is 1. The molecule has 0 atom stereocenters. The van der Waals surface area contributed by atoms with Crippen LogP contribution in [0.25, 0.3) is 11.8 Å². The van der Waals surface area contributed by atoms with E-state index in [0.717, 1.165) is 17.0 Å². The summed E-state index contributed by atoms with van der Waals surface area (Å²) in [6.07, 6.45) is 1.64. The first-order valence-electron chi connectivity index (χ1n) is 7.83. The first-order chi connectivity index (χ1) is 12.5. The molecule has 4 rings (SSSR count). The molecule has 0 saturated heterocycles. The van der Waals surface area contributed by atoms with Crippen LogP contribution in [0.3, 0.4) is 0 Å². The Kier molecular flexibility index (Phi) is 3.84. The summed E-state index contributed by atoms with van der Waals surface area (Å²) in [4.78, 5) is 16.3. The lowest BCUT2D eigenvalue weighted by molar-refractivity contribution is -0.114. The summed E-state index contributed by atoms with van der Waals surface area (Å²) in [5.41, 5.74) is 4.93. The number of aromatic nitrogens is 1. The van der Waals surface area contributed by atoms with Gasteiger partial charge in [0.2, 0.25) is 0 Å². The van der Waals surface area contributed by atoms with Gasteiger partial charge in [-0.2, -0.15) is 15.1 Å². The second kappa shape index (κ2) is 6.06. The number of hydrogen-bond donors (Lipinski definition) is 1. The van der Waals surface area contributed by atoms with Crippen molar-refractivity contribution in [3.63, 3.8) is 0 Å². The molecule has 1 N–H and O–H groups in total. The van der Waals surface area contributed by atoms with Crippen LogP contribution in [0.1, 0.15) is 17.0 Å². The third-order valence-corrected chi connectivity index (χ3v) is 4.91. The molecule has 0 saturated carbocycles. The zero-order valence-corrected chi connectivity index (χ0v) is 14.8. The number of fused-ring (bicyclic) bond motifs is 1. The quantitative estimate of drug-likeness (QED) is 0.826. The highest BCUT2D eigenvalue weighted by molar-refractivity contribution is 8.25. The second-order valence-electron chi connectivity index (χ2n) is 5.90. The van der Waals surface area contributed by atoms with Gasteiger partial charge in [-0.25, -0.2) is 4.39 Å². The van der Waals surface area contributed by atoms with E-state index in [-0.39, 0.29) is 17.2 Å². The van der Waals surface area contributed by atoms with Crippen molar-refractivity contribution in [3.05, 3.63) is 58.7 Å². The van der Waals surface area contributed by atoms with Gasteiger partial charge < -0.3 is 4.57 Å². The van der Waals surface area contributed by atoms with E-state index in [2.05, 4.69) is 10.1 Å². The molecule has 26 heavy (non-hydrogen) atoms. The zero-order chi connectivity index (χ0) is 18.4. The van der Waals surface area contributed by atoms with Crippen LogP contribution in [0, 0.1) is 25.1 Å². The fourth-order valence-electron chi connectivity index (χ4n) is 3.04. The number of carbonyl (C=O) groups excluding carboxylic acids is 1. The van der Waals surface area contributed by atoms with E-state index < -0.39 is 5.91 Å². The van der Waals surface area contributed by atoms with Crippen LogP contribution in [0.15, 0.2) is 46.0 Å².